The van der Waals surface area contributed by atoms with Crippen LogP contribution in [0.2, 0.25) is 0 Å². The molecule has 1 N–H and O–H groups in total. The third-order valence-electron chi connectivity index (χ3n) is 2.44. The predicted molar refractivity (Wildman–Crippen MR) is 57.6 cm³/mol. The zero-order chi connectivity index (χ0) is 16.8. The number of alkyl halides is 8. The Hall–Kier alpha value is -1.33. The molecule has 0 atom stereocenters. The molecule has 1 rings (SSSR count). The monoisotopic (exact) mass is 388 g/mol. The van der Waals surface area contributed by atoms with Gasteiger partial charge in [-0.15, -0.1) is 0 Å². The van der Waals surface area contributed by atoms with Crippen molar-refractivity contribution in [2.24, 2.45) is 12.2 Å². The molecule has 0 aliphatic rings. The highest BCUT2D eigenvalue weighted by atomic mass is 79.9. The summed E-state index contributed by atoms with van der Waals surface area (Å²) in [4.78, 5) is 0. The maximum atomic E-state index is 13.3. The largest absolute Gasteiger partial charge is 0.458 e. The Labute approximate surface area is 120 Å². The minimum atomic E-state index is -6.21. The van der Waals surface area contributed by atoms with Gasteiger partial charge in [-0.3, -0.25) is 0 Å². The highest BCUT2D eigenvalue weighted by Crippen LogP contribution is 2.49. The Bertz CT molecular complexity index is 572. The van der Waals surface area contributed by atoms with E-state index in [1.807, 2.05) is 0 Å². The fourth-order valence-electron chi connectivity index (χ4n) is 1.60. The van der Waals surface area contributed by atoms with Gasteiger partial charge in [0.05, 0.1) is 16.8 Å². The molecule has 0 aromatic carbocycles. The first-order chi connectivity index (χ1) is 9.25. The zero-order valence-corrected chi connectivity index (χ0v) is 11.4. The van der Waals surface area contributed by atoms with Crippen LogP contribution in [-0.2, 0) is 19.1 Å². The molecule has 0 amide bonds. The molecule has 21 heavy (non-hydrogen) atoms. The minimum Gasteiger partial charge on any atom is -0.410 e. The van der Waals surface area contributed by atoms with E-state index in [9.17, 15) is 35.1 Å². The maximum absolute atomic E-state index is 13.3. The lowest BCUT2D eigenvalue weighted by Crippen LogP contribution is -2.35. The van der Waals surface area contributed by atoms with Crippen molar-refractivity contribution in [3.05, 3.63) is 23.0 Å². The summed E-state index contributed by atoms with van der Waals surface area (Å²) in [5, 5.41) is 10.8. The van der Waals surface area contributed by atoms with Gasteiger partial charge in [0, 0.05) is 13.2 Å². The fraction of sp³-hybridized carbons (Fsp3) is 0.444. The molecule has 0 radical (unpaired) electrons. The van der Waals surface area contributed by atoms with Crippen LogP contribution in [0.15, 0.2) is 11.4 Å². The van der Waals surface area contributed by atoms with Crippen LogP contribution < -0.4 is 0 Å². The van der Waals surface area contributed by atoms with Crippen LogP contribution in [-0.4, -0.2) is 20.6 Å². The van der Waals surface area contributed by atoms with Crippen molar-refractivity contribution in [1.29, 1.82) is 0 Å². The molecule has 0 aliphatic carbocycles. The van der Waals surface area contributed by atoms with Gasteiger partial charge in [-0.25, -0.2) is 0 Å². The van der Waals surface area contributed by atoms with Crippen molar-refractivity contribution >= 4 is 20.6 Å². The molecule has 1 heterocycles. The summed E-state index contributed by atoms with van der Waals surface area (Å²) in [6.07, 6.45) is -11.8. The Balaban J connectivity index is 3.79. The van der Waals surface area contributed by atoms with Crippen LogP contribution in [0.5, 0.6) is 0 Å². The lowest BCUT2D eigenvalue weighted by atomic mass is 10.0. The first kappa shape index (κ1) is 17.7. The Morgan fingerprint density at radius 3 is 1.95 bits per heavy atom. The number of hydrogen-bond acceptors (Lipinski definition) is 2. The summed E-state index contributed by atoms with van der Waals surface area (Å²) < 4.78 is 101. The molecule has 3 nitrogen and oxygen atoms in total. The maximum Gasteiger partial charge on any atom is 0.458 e. The minimum absolute atomic E-state index is 0.0158. The first-order valence-electron chi connectivity index (χ1n) is 4.84. The number of nitrogens with zero attached hydrogens (tertiary/aromatic N) is 2. The van der Waals surface area contributed by atoms with E-state index in [2.05, 4.69) is 21.1 Å². The van der Waals surface area contributed by atoms with Gasteiger partial charge in [-0.1, -0.05) is 5.16 Å². The third-order valence-corrected chi connectivity index (χ3v) is 2.98. The summed E-state index contributed by atoms with van der Waals surface area (Å²) in [6.45, 7) is 0. The predicted octanol–water partition coefficient (Wildman–Crippen LogP) is 4.23. The van der Waals surface area contributed by atoms with E-state index in [0.717, 1.165) is 7.05 Å². The van der Waals surface area contributed by atoms with Gasteiger partial charge in [-0.2, -0.15) is 35.1 Å². The summed E-state index contributed by atoms with van der Waals surface area (Å²) in [5.74, 6) is -5.73. The molecule has 12 heteroatoms. The standard InChI is InChI=1S/C9H5BrF8N2O/c1-20-2-3(7(11,12)9(16,17)18)4(8(13,14)15)5(20)6(10)19-21/h2,21H,1H3/b19-6-. The van der Waals surface area contributed by atoms with Crippen LogP contribution in [0.25, 0.3) is 0 Å². The van der Waals surface area contributed by atoms with Crippen molar-refractivity contribution < 1.29 is 40.3 Å². The van der Waals surface area contributed by atoms with E-state index in [1.165, 1.54) is 0 Å². The van der Waals surface area contributed by atoms with Gasteiger partial charge < -0.3 is 9.77 Å². The van der Waals surface area contributed by atoms with Crippen molar-refractivity contribution in [2.75, 3.05) is 0 Å². The van der Waals surface area contributed by atoms with Gasteiger partial charge in [-0.05, 0) is 15.9 Å². The van der Waals surface area contributed by atoms with Gasteiger partial charge in [0.25, 0.3) is 0 Å². The zero-order valence-electron chi connectivity index (χ0n) is 9.82. The van der Waals surface area contributed by atoms with Crippen LogP contribution in [0.4, 0.5) is 35.1 Å². The first-order valence-corrected chi connectivity index (χ1v) is 5.64. The average molecular weight is 389 g/mol. The van der Waals surface area contributed by atoms with E-state index in [0.29, 0.717) is 4.57 Å². The van der Waals surface area contributed by atoms with Gasteiger partial charge >= 0.3 is 18.3 Å². The normalized spacial score (nSPS) is 14.7. The third kappa shape index (κ3) is 2.99. The molecule has 1 aromatic heterocycles. The average Bonchev–Trinajstić information content (AvgIpc) is 2.64. The molecule has 0 unspecified atom stereocenters. The van der Waals surface area contributed by atoms with E-state index in [4.69, 9.17) is 5.21 Å². The molecule has 0 fully saturated rings. The van der Waals surface area contributed by atoms with Crippen LogP contribution in [0.1, 0.15) is 16.8 Å². The van der Waals surface area contributed by atoms with E-state index < -0.39 is 39.7 Å². The molecule has 0 saturated carbocycles. The smallest absolute Gasteiger partial charge is 0.410 e. The summed E-state index contributed by atoms with van der Waals surface area (Å²) in [6, 6.07) is 0. The van der Waals surface area contributed by atoms with Gasteiger partial charge in [0.2, 0.25) is 0 Å². The highest BCUT2D eigenvalue weighted by Gasteiger charge is 2.62. The molecular formula is C9H5BrF8N2O. The Kier molecular flexibility index (Phi) is 4.34. The highest BCUT2D eigenvalue weighted by molar-refractivity contribution is 9.18. The number of halogens is 9. The lowest BCUT2D eigenvalue weighted by Gasteiger charge is -2.21. The van der Waals surface area contributed by atoms with Crippen molar-refractivity contribution in [2.45, 2.75) is 18.3 Å². The van der Waals surface area contributed by atoms with E-state index >= 15 is 0 Å². The second-order valence-corrected chi connectivity index (χ2v) is 4.59. The second-order valence-electron chi connectivity index (χ2n) is 3.84. The molecule has 0 saturated heterocycles. The molecule has 0 spiro atoms. The van der Waals surface area contributed by atoms with Crippen molar-refractivity contribution in [1.82, 2.24) is 4.57 Å². The summed E-state index contributed by atoms with van der Waals surface area (Å²) >= 11 is 2.36. The summed E-state index contributed by atoms with van der Waals surface area (Å²) in [7, 11) is 0.799. The van der Waals surface area contributed by atoms with E-state index in [1.54, 1.807) is 0 Å². The molecule has 0 bridgehead atoms. The number of aromatic nitrogens is 1. The van der Waals surface area contributed by atoms with Crippen molar-refractivity contribution in [3.8, 4) is 0 Å². The summed E-state index contributed by atoms with van der Waals surface area (Å²) in [5.41, 5.74) is -5.68. The van der Waals surface area contributed by atoms with Crippen LogP contribution in [0, 0.1) is 0 Å². The SMILES string of the molecule is Cn1cc(C(F)(F)C(F)(F)F)c(C(F)(F)F)c1/C(Br)=N/O. The van der Waals surface area contributed by atoms with Crippen LogP contribution >= 0.6 is 15.9 Å². The molecule has 1 aromatic rings. The second kappa shape index (κ2) is 5.14. The number of aryl methyl sites for hydroxylation is 1. The van der Waals surface area contributed by atoms with E-state index in [-0.39, 0.29) is 6.20 Å². The number of oxime groups is 1. The molecule has 120 valence electrons. The number of hydrogen-bond donors (Lipinski definition) is 1. The quantitative estimate of drug-likeness (QED) is 0.350. The van der Waals surface area contributed by atoms with Crippen LogP contribution in [0.3, 0.4) is 0 Å². The Morgan fingerprint density at radius 1 is 1.14 bits per heavy atom. The fourth-order valence-corrected chi connectivity index (χ4v) is 2.08. The topological polar surface area (TPSA) is 37.5 Å². The van der Waals surface area contributed by atoms with Gasteiger partial charge in [0.15, 0.2) is 4.62 Å². The Morgan fingerprint density at radius 2 is 1.62 bits per heavy atom. The molecular weight excluding hydrogens is 384 g/mol. The van der Waals surface area contributed by atoms with Crippen molar-refractivity contribution in [3.63, 3.8) is 0 Å². The lowest BCUT2D eigenvalue weighted by molar-refractivity contribution is -0.291. The number of rotatable bonds is 2. The molecule has 0 aliphatic heterocycles. The van der Waals surface area contributed by atoms with Gasteiger partial charge in [0.1, 0.15) is 0 Å².